The summed E-state index contributed by atoms with van der Waals surface area (Å²) in [5.74, 6) is 1.71. The molecule has 1 aliphatic rings. The van der Waals surface area contributed by atoms with Gasteiger partial charge < -0.3 is 18.9 Å². The fourth-order valence-electron chi connectivity index (χ4n) is 1.38. The van der Waals surface area contributed by atoms with E-state index in [9.17, 15) is 0 Å². The predicted octanol–water partition coefficient (Wildman–Crippen LogP) is 1.88. The number of rotatable bonds is 8. The topological polar surface area (TPSA) is 40.2 Å². The van der Waals surface area contributed by atoms with Crippen LogP contribution in [0.1, 0.15) is 6.42 Å². The highest BCUT2D eigenvalue weighted by Crippen LogP contribution is 2.19. The molecule has 2 rings (SSSR count). The first-order valence-electron chi connectivity index (χ1n) is 5.84. The standard InChI is InChI=1S/C13H18O4/c1-14-7-2-8-15-11-3-5-12(6-4-11)16-9-13-10-17-13/h3-6,13H,2,7-10H2,1H3. The summed E-state index contributed by atoms with van der Waals surface area (Å²) in [6.45, 7) is 2.85. The molecule has 94 valence electrons. The van der Waals surface area contributed by atoms with Crippen LogP contribution in [0.3, 0.4) is 0 Å². The molecule has 0 saturated carbocycles. The number of ether oxygens (including phenoxy) is 4. The first-order chi connectivity index (χ1) is 8.38. The van der Waals surface area contributed by atoms with Gasteiger partial charge in [-0.25, -0.2) is 0 Å². The minimum Gasteiger partial charge on any atom is -0.494 e. The van der Waals surface area contributed by atoms with Crippen molar-refractivity contribution in [2.45, 2.75) is 12.5 Å². The van der Waals surface area contributed by atoms with E-state index >= 15 is 0 Å². The molecule has 1 aromatic carbocycles. The minimum absolute atomic E-state index is 0.292. The van der Waals surface area contributed by atoms with Gasteiger partial charge in [0.2, 0.25) is 0 Å². The highest BCUT2D eigenvalue weighted by atomic mass is 16.6. The van der Waals surface area contributed by atoms with Crippen LogP contribution in [0.5, 0.6) is 11.5 Å². The molecule has 1 unspecified atom stereocenters. The Morgan fingerprint density at radius 3 is 2.35 bits per heavy atom. The lowest BCUT2D eigenvalue weighted by atomic mass is 10.3. The molecule has 1 aliphatic heterocycles. The van der Waals surface area contributed by atoms with Crippen molar-refractivity contribution in [3.05, 3.63) is 24.3 Å². The van der Waals surface area contributed by atoms with Gasteiger partial charge in [-0.05, 0) is 24.3 Å². The smallest absolute Gasteiger partial charge is 0.119 e. The van der Waals surface area contributed by atoms with Crippen molar-refractivity contribution in [2.24, 2.45) is 0 Å². The summed E-state index contributed by atoms with van der Waals surface area (Å²) in [7, 11) is 1.69. The van der Waals surface area contributed by atoms with E-state index < -0.39 is 0 Å². The zero-order valence-electron chi connectivity index (χ0n) is 10.1. The molecule has 1 aromatic rings. The van der Waals surface area contributed by atoms with Crippen molar-refractivity contribution in [1.29, 1.82) is 0 Å². The number of epoxide rings is 1. The minimum atomic E-state index is 0.292. The second kappa shape index (κ2) is 6.47. The molecule has 1 fully saturated rings. The average molecular weight is 238 g/mol. The Morgan fingerprint density at radius 1 is 1.12 bits per heavy atom. The zero-order chi connectivity index (χ0) is 11.9. The van der Waals surface area contributed by atoms with Crippen LogP contribution in [0, 0.1) is 0 Å². The molecule has 0 amide bonds. The van der Waals surface area contributed by atoms with Gasteiger partial charge in [0.05, 0.1) is 13.2 Å². The highest BCUT2D eigenvalue weighted by molar-refractivity contribution is 5.31. The second-order valence-corrected chi connectivity index (χ2v) is 3.93. The van der Waals surface area contributed by atoms with E-state index in [2.05, 4.69) is 0 Å². The third-order valence-electron chi connectivity index (χ3n) is 2.42. The number of methoxy groups -OCH3 is 1. The predicted molar refractivity (Wildman–Crippen MR) is 63.7 cm³/mol. The van der Waals surface area contributed by atoms with E-state index in [1.807, 2.05) is 24.3 Å². The Hall–Kier alpha value is -1.26. The molecule has 0 N–H and O–H groups in total. The summed E-state index contributed by atoms with van der Waals surface area (Å²) < 4.78 is 21.1. The molecular formula is C13H18O4. The van der Waals surface area contributed by atoms with Gasteiger partial charge >= 0.3 is 0 Å². The molecule has 0 aromatic heterocycles. The first-order valence-corrected chi connectivity index (χ1v) is 5.84. The van der Waals surface area contributed by atoms with Gasteiger partial charge in [-0.15, -0.1) is 0 Å². The fraction of sp³-hybridized carbons (Fsp3) is 0.538. The number of hydrogen-bond donors (Lipinski definition) is 0. The summed E-state index contributed by atoms with van der Waals surface area (Å²) >= 11 is 0. The molecule has 1 saturated heterocycles. The first kappa shape index (κ1) is 12.2. The van der Waals surface area contributed by atoms with Gasteiger partial charge in [-0.2, -0.15) is 0 Å². The van der Waals surface area contributed by atoms with E-state index in [-0.39, 0.29) is 0 Å². The maximum atomic E-state index is 5.54. The van der Waals surface area contributed by atoms with Gasteiger partial charge in [0, 0.05) is 20.1 Å². The highest BCUT2D eigenvalue weighted by Gasteiger charge is 2.22. The molecule has 0 bridgehead atoms. The lowest BCUT2D eigenvalue weighted by Crippen LogP contribution is -2.04. The van der Waals surface area contributed by atoms with Crippen LogP contribution in [-0.2, 0) is 9.47 Å². The third-order valence-corrected chi connectivity index (χ3v) is 2.42. The SMILES string of the molecule is COCCCOc1ccc(OCC2CO2)cc1. The van der Waals surface area contributed by atoms with E-state index in [4.69, 9.17) is 18.9 Å². The molecule has 0 radical (unpaired) electrons. The van der Waals surface area contributed by atoms with Crippen molar-refractivity contribution < 1.29 is 18.9 Å². The van der Waals surface area contributed by atoms with Crippen molar-refractivity contribution in [3.63, 3.8) is 0 Å². The molecule has 1 heterocycles. The van der Waals surface area contributed by atoms with Gasteiger partial charge in [-0.1, -0.05) is 0 Å². The van der Waals surface area contributed by atoms with Gasteiger partial charge in [0.15, 0.2) is 0 Å². The number of hydrogen-bond acceptors (Lipinski definition) is 4. The Labute approximate surface area is 101 Å². The molecule has 1 atom stereocenters. The van der Waals surface area contributed by atoms with Crippen molar-refractivity contribution in [3.8, 4) is 11.5 Å². The second-order valence-electron chi connectivity index (χ2n) is 3.93. The molecule has 0 spiro atoms. The Morgan fingerprint density at radius 2 is 1.76 bits per heavy atom. The van der Waals surface area contributed by atoms with Crippen LogP contribution in [0.2, 0.25) is 0 Å². The van der Waals surface area contributed by atoms with Crippen LogP contribution in [-0.4, -0.2) is 39.6 Å². The number of benzene rings is 1. The lowest BCUT2D eigenvalue weighted by Gasteiger charge is -2.07. The molecule has 4 nitrogen and oxygen atoms in total. The summed E-state index contributed by atoms with van der Waals surface area (Å²) in [5, 5.41) is 0. The van der Waals surface area contributed by atoms with Crippen LogP contribution in [0.25, 0.3) is 0 Å². The Bertz CT molecular complexity index is 319. The summed E-state index contributed by atoms with van der Waals surface area (Å²) in [5.41, 5.74) is 0. The Kier molecular flexibility index (Phi) is 4.64. The quantitative estimate of drug-likeness (QED) is 0.512. The largest absolute Gasteiger partial charge is 0.494 e. The van der Waals surface area contributed by atoms with Crippen LogP contribution < -0.4 is 9.47 Å². The van der Waals surface area contributed by atoms with E-state index in [0.717, 1.165) is 31.1 Å². The maximum absolute atomic E-state index is 5.54. The lowest BCUT2D eigenvalue weighted by molar-refractivity contribution is 0.172. The van der Waals surface area contributed by atoms with Crippen LogP contribution in [0.4, 0.5) is 0 Å². The van der Waals surface area contributed by atoms with E-state index in [1.165, 1.54) is 0 Å². The van der Waals surface area contributed by atoms with Crippen LogP contribution in [0.15, 0.2) is 24.3 Å². The normalized spacial score (nSPS) is 17.8. The molecule has 17 heavy (non-hydrogen) atoms. The summed E-state index contributed by atoms with van der Waals surface area (Å²) in [6, 6.07) is 7.65. The van der Waals surface area contributed by atoms with Crippen molar-refractivity contribution in [1.82, 2.24) is 0 Å². The summed E-state index contributed by atoms with van der Waals surface area (Å²) in [4.78, 5) is 0. The van der Waals surface area contributed by atoms with E-state index in [1.54, 1.807) is 7.11 Å². The fourth-order valence-corrected chi connectivity index (χ4v) is 1.38. The van der Waals surface area contributed by atoms with Crippen LogP contribution >= 0.6 is 0 Å². The van der Waals surface area contributed by atoms with Gasteiger partial charge in [0.1, 0.15) is 24.2 Å². The molecule has 4 heteroatoms. The van der Waals surface area contributed by atoms with E-state index in [0.29, 0.717) is 19.3 Å². The summed E-state index contributed by atoms with van der Waals surface area (Å²) in [6.07, 6.45) is 1.19. The van der Waals surface area contributed by atoms with Crippen molar-refractivity contribution >= 4 is 0 Å². The van der Waals surface area contributed by atoms with Gasteiger partial charge in [-0.3, -0.25) is 0 Å². The average Bonchev–Trinajstić information content (AvgIpc) is 3.18. The Balaban J connectivity index is 1.68. The monoisotopic (exact) mass is 238 g/mol. The molecular weight excluding hydrogens is 220 g/mol. The molecule has 0 aliphatic carbocycles. The third kappa shape index (κ3) is 4.63. The van der Waals surface area contributed by atoms with Crippen molar-refractivity contribution in [2.75, 3.05) is 33.5 Å². The van der Waals surface area contributed by atoms with Gasteiger partial charge in [0.25, 0.3) is 0 Å². The zero-order valence-corrected chi connectivity index (χ0v) is 10.1. The maximum Gasteiger partial charge on any atom is 0.119 e.